The molecule has 166 valence electrons. The van der Waals surface area contributed by atoms with Gasteiger partial charge in [0.2, 0.25) is 5.88 Å². The first-order valence-corrected chi connectivity index (χ1v) is 10.9. The van der Waals surface area contributed by atoms with Crippen LogP contribution in [0.25, 0.3) is 0 Å². The van der Waals surface area contributed by atoms with Crippen molar-refractivity contribution in [2.24, 2.45) is 5.92 Å². The second-order valence-electron chi connectivity index (χ2n) is 7.81. The largest absolute Gasteiger partial charge is 0.474 e. The number of ether oxygens (including phenoxy) is 1. The van der Waals surface area contributed by atoms with Gasteiger partial charge in [0.1, 0.15) is 17.7 Å². The van der Waals surface area contributed by atoms with E-state index in [1.165, 1.54) is 30.7 Å². The van der Waals surface area contributed by atoms with Crippen LogP contribution in [-0.2, 0) is 0 Å². The zero-order valence-corrected chi connectivity index (χ0v) is 19.0. The Bertz CT molecular complexity index is 1110. The molecule has 4 rings (SSSR count). The Morgan fingerprint density at radius 3 is 2.53 bits per heavy atom. The molecule has 1 unspecified atom stereocenters. The van der Waals surface area contributed by atoms with Crippen molar-refractivity contribution in [2.75, 3.05) is 13.1 Å². The summed E-state index contributed by atoms with van der Waals surface area (Å²) < 4.78 is 20.3. The van der Waals surface area contributed by atoms with Crippen LogP contribution in [0.1, 0.15) is 34.6 Å². The van der Waals surface area contributed by atoms with Gasteiger partial charge in [-0.05, 0) is 37.6 Å². The van der Waals surface area contributed by atoms with E-state index >= 15 is 0 Å². The predicted molar refractivity (Wildman–Crippen MR) is 120 cm³/mol. The van der Waals surface area contributed by atoms with Gasteiger partial charge in [-0.25, -0.2) is 19.3 Å². The maximum Gasteiger partial charge on any atom is 0.257 e. The molecule has 1 aromatic carbocycles. The fraction of sp³-hybridized carbons (Fsp3) is 0.304. The summed E-state index contributed by atoms with van der Waals surface area (Å²) >= 11 is 11.8. The van der Waals surface area contributed by atoms with E-state index < -0.39 is 5.82 Å². The number of hydrogen-bond acceptors (Lipinski definition) is 5. The Labute approximate surface area is 195 Å². The highest BCUT2D eigenvalue weighted by atomic mass is 35.5. The number of nitrogens with zero attached hydrogens (tertiary/aromatic N) is 4. The Hall–Kier alpha value is -2.77. The predicted octanol–water partition coefficient (Wildman–Crippen LogP) is 4.95. The van der Waals surface area contributed by atoms with E-state index in [1.807, 2.05) is 6.92 Å². The molecular formula is C23H21Cl2FN4O2. The van der Waals surface area contributed by atoms with Crippen LogP contribution in [0.3, 0.4) is 0 Å². The van der Waals surface area contributed by atoms with Crippen molar-refractivity contribution in [3.8, 4) is 5.88 Å². The monoisotopic (exact) mass is 474 g/mol. The Morgan fingerprint density at radius 1 is 1.12 bits per heavy atom. The molecule has 0 aliphatic carbocycles. The number of benzene rings is 1. The molecule has 9 heteroatoms. The van der Waals surface area contributed by atoms with Gasteiger partial charge in [0.25, 0.3) is 5.91 Å². The first kappa shape index (κ1) is 22.4. The molecule has 0 bridgehead atoms. The van der Waals surface area contributed by atoms with E-state index in [9.17, 15) is 9.18 Å². The lowest BCUT2D eigenvalue weighted by atomic mass is 9.85. The molecule has 6 nitrogen and oxygen atoms in total. The van der Waals surface area contributed by atoms with Crippen molar-refractivity contribution in [3.05, 3.63) is 81.7 Å². The molecule has 2 aromatic heterocycles. The van der Waals surface area contributed by atoms with Crippen molar-refractivity contribution >= 4 is 29.1 Å². The fourth-order valence-electron chi connectivity index (χ4n) is 3.96. The SMILES string of the molecule is Cc1ncc(C(=O)N2CC([C@H](C)Oc3ccc(Cl)cn3)[C@@H](c3ccc(Cl)c(F)c3)C2)cn1. The third kappa shape index (κ3) is 4.84. The standard InChI is InChI=1S/C23H21Cl2FN4O2/c1-13(32-22-6-4-17(24)10-29-22)18-11-30(23(31)16-8-27-14(2)28-9-16)12-19(18)15-3-5-20(25)21(26)7-15/h3-10,13,18-19H,11-12H2,1-2H3/t13-,18?,19+/m0/s1. The molecule has 3 aromatic rings. The molecule has 3 atom stereocenters. The Kier molecular flexibility index (Phi) is 6.58. The summed E-state index contributed by atoms with van der Waals surface area (Å²) in [4.78, 5) is 27.3. The molecule has 0 saturated carbocycles. The zero-order valence-electron chi connectivity index (χ0n) is 17.5. The van der Waals surface area contributed by atoms with Gasteiger partial charge >= 0.3 is 0 Å². The summed E-state index contributed by atoms with van der Waals surface area (Å²) in [5.41, 5.74) is 1.16. The molecule has 3 heterocycles. The number of likely N-dealkylation sites (tertiary alicyclic amines) is 1. The number of rotatable bonds is 5. The van der Waals surface area contributed by atoms with E-state index in [2.05, 4.69) is 15.0 Å². The number of carbonyl (C=O) groups excluding carboxylic acids is 1. The third-order valence-corrected chi connectivity index (χ3v) is 6.19. The molecule has 32 heavy (non-hydrogen) atoms. The van der Waals surface area contributed by atoms with E-state index in [0.29, 0.717) is 35.4 Å². The summed E-state index contributed by atoms with van der Waals surface area (Å²) in [6, 6.07) is 8.14. The van der Waals surface area contributed by atoms with Crippen molar-refractivity contribution in [3.63, 3.8) is 0 Å². The molecule has 1 aliphatic heterocycles. The van der Waals surface area contributed by atoms with E-state index in [4.69, 9.17) is 27.9 Å². The normalized spacial score (nSPS) is 19.1. The van der Waals surface area contributed by atoms with Crippen LogP contribution in [0.5, 0.6) is 5.88 Å². The van der Waals surface area contributed by atoms with Crippen LogP contribution >= 0.6 is 23.2 Å². The Morgan fingerprint density at radius 2 is 1.88 bits per heavy atom. The van der Waals surface area contributed by atoms with Crippen molar-refractivity contribution in [1.29, 1.82) is 0 Å². The maximum absolute atomic E-state index is 14.2. The minimum Gasteiger partial charge on any atom is -0.474 e. The Balaban J connectivity index is 1.61. The van der Waals surface area contributed by atoms with Gasteiger partial charge in [-0.2, -0.15) is 0 Å². The van der Waals surface area contributed by atoms with Crippen LogP contribution < -0.4 is 4.74 Å². The molecule has 0 spiro atoms. The summed E-state index contributed by atoms with van der Waals surface area (Å²) in [6.45, 7) is 4.51. The molecular weight excluding hydrogens is 454 g/mol. The van der Waals surface area contributed by atoms with Crippen LogP contribution in [-0.4, -0.2) is 45.0 Å². The molecule has 1 amide bonds. The molecule has 1 fully saturated rings. The molecule has 0 radical (unpaired) electrons. The van der Waals surface area contributed by atoms with E-state index in [-0.39, 0.29) is 28.9 Å². The van der Waals surface area contributed by atoms with Gasteiger partial charge in [0.15, 0.2) is 0 Å². The third-order valence-electron chi connectivity index (χ3n) is 5.66. The summed E-state index contributed by atoms with van der Waals surface area (Å²) in [6.07, 6.45) is 4.25. The lowest BCUT2D eigenvalue weighted by Crippen LogP contribution is -2.32. The number of aromatic nitrogens is 3. The topological polar surface area (TPSA) is 68.2 Å². The number of hydrogen-bond donors (Lipinski definition) is 0. The van der Waals surface area contributed by atoms with E-state index in [0.717, 1.165) is 5.56 Å². The average Bonchev–Trinajstić information content (AvgIpc) is 3.23. The maximum atomic E-state index is 14.2. The van der Waals surface area contributed by atoms with Gasteiger partial charge in [-0.15, -0.1) is 0 Å². The van der Waals surface area contributed by atoms with Crippen LogP contribution in [0.2, 0.25) is 10.0 Å². The van der Waals surface area contributed by atoms with Crippen molar-refractivity contribution in [2.45, 2.75) is 25.9 Å². The van der Waals surface area contributed by atoms with Crippen molar-refractivity contribution in [1.82, 2.24) is 19.9 Å². The first-order valence-electron chi connectivity index (χ1n) is 10.1. The van der Waals surface area contributed by atoms with Gasteiger partial charge in [0, 0.05) is 49.6 Å². The quantitative estimate of drug-likeness (QED) is 0.523. The van der Waals surface area contributed by atoms with Crippen LogP contribution in [0.4, 0.5) is 4.39 Å². The lowest BCUT2D eigenvalue weighted by molar-refractivity contribution is 0.0769. The summed E-state index contributed by atoms with van der Waals surface area (Å²) in [5, 5.41) is 0.570. The van der Waals surface area contributed by atoms with Crippen LogP contribution in [0, 0.1) is 18.7 Å². The van der Waals surface area contributed by atoms with Gasteiger partial charge in [-0.3, -0.25) is 4.79 Å². The highest BCUT2D eigenvalue weighted by molar-refractivity contribution is 6.30. The van der Waals surface area contributed by atoms with Crippen molar-refractivity contribution < 1.29 is 13.9 Å². The first-order chi connectivity index (χ1) is 15.3. The number of carbonyl (C=O) groups is 1. The van der Waals surface area contributed by atoms with E-state index in [1.54, 1.807) is 30.0 Å². The minimum atomic E-state index is -0.493. The minimum absolute atomic E-state index is 0.0581. The van der Waals surface area contributed by atoms with Gasteiger partial charge in [-0.1, -0.05) is 29.3 Å². The smallest absolute Gasteiger partial charge is 0.257 e. The summed E-state index contributed by atoms with van der Waals surface area (Å²) in [7, 11) is 0. The highest BCUT2D eigenvalue weighted by Crippen LogP contribution is 2.37. The summed E-state index contributed by atoms with van der Waals surface area (Å²) in [5.74, 6) is 0.0894. The molecule has 1 saturated heterocycles. The number of amides is 1. The number of pyridine rings is 1. The van der Waals surface area contributed by atoms with Gasteiger partial charge < -0.3 is 9.64 Å². The number of halogens is 3. The molecule has 0 N–H and O–H groups in total. The zero-order chi connectivity index (χ0) is 22.8. The number of aryl methyl sites for hydroxylation is 1. The average molecular weight is 475 g/mol. The second-order valence-corrected chi connectivity index (χ2v) is 8.65. The second kappa shape index (κ2) is 9.38. The highest BCUT2D eigenvalue weighted by Gasteiger charge is 2.40. The lowest BCUT2D eigenvalue weighted by Gasteiger charge is -2.25. The fourth-order valence-corrected chi connectivity index (χ4v) is 4.19. The van der Waals surface area contributed by atoms with Crippen LogP contribution in [0.15, 0.2) is 48.9 Å². The van der Waals surface area contributed by atoms with Gasteiger partial charge in [0.05, 0.1) is 15.6 Å². The molecule has 1 aliphatic rings.